The first-order valence-electron chi connectivity index (χ1n) is 13.1. The largest absolute Gasteiger partial charge is 0.159 e. The van der Waals surface area contributed by atoms with Crippen molar-refractivity contribution in [1.29, 1.82) is 0 Å². The zero-order valence-corrected chi connectivity index (χ0v) is 20.6. The first-order chi connectivity index (χ1) is 16.3. The van der Waals surface area contributed by atoms with Gasteiger partial charge in [0.05, 0.1) is 12.4 Å². The number of unbranched alkanes of at least 4 members (excludes halogenated alkanes) is 4. The Hall–Kier alpha value is -2.48. The molecule has 2 aromatic rings. The second-order valence-electron chi connectivity index (χ2n) is 9.65. The number of aryl methyl sites for hydroxylation is 1. The normalized spacial score (nSPS) is 18.8. The van der Waals surface area contributed by atoms with Crippen molar-refractivity contribution < 1.29 is 0 Å². The van der Waals surface area contributed by atoms with Crippen molar-refractivity contribution in [3.8, 4) is 0 Å². The minimum absolute atomic E-state index is 0.736. The van der Waals surface area contributed by atoms with Crippen LogP contribution in [0.25, 0.3) is 0 Å². The molecule has 0 bridgehead atoms. The monoisotopic (exact) mass is 442 g/mol. The highest BCUT2D eigenvalue weighted by molar-refractivity contribution is 5.82. The summed E-state index contributed by atoms with van der Waals surface area (Å²) in [5.41, 5.74) is 5.00. The fraction of sp³-hybridized carbons (Fsp3) is 0.484. The molecule has 1 fully saturated rings. The van der Waals surface area contributed by atoms with Gasteiger partial charge in [-0.2, -0.15) is 10.2 Å². The Morgan fingerprint density at radius 2 is 1.39 bits per heavy atom. The summed E-state index contributed by atoms with van der Waals surface area (Å²) in [6, 6.07) is 17.4. The first kappa shape index (κ1) is 25.1. The van der Waals surface area contributed by atoms with Crippen LogP contribution in [-0.2, 0) is 6.42 Å². The van der Waals surface area contributed by atoms with Gasteiger partial charge in [0, 0.05) is 0 Å². The molecular weight excluding hydrogens is 400 g/mol. The van der Waals surface area contributed by atoms with Gasteiger partial charge in [-0.05, 0) is 72.6 Å². The fourth-order valence-electron chi connectivity index (χ4n) is 4.91. The van der Waals surface area contributed by atoms with Crippen LogP contribution in [0.3, 0.4) is 0 Å². The SMILES string of the molecule is C=CCCc1ccc(/C=N/N=C/c2ccc(C3CCC(CCCCCCC)CC3)cc2)cc1. The highest BCUT2D eigenvalue weighted by Crippen LogP contribution is 2.37. The summed E-state index contributed by atoms with van der Waals surface area (Å²) in [4.78, 5) is 0. The smallest absolute Gasteiger partial charge is 0.0568 e. The van der Waals surface area contributed by atoms with E-state index in [9.17, 15) is 0 Å². The van der Waals surface area contributed by atoms with E-state index in [0.29, 0.717) is 0 Å². The number of allylic oxidation sites excluding steroid dienone is 1. The van der Waals surface area contributed by atoms with Crippen molar-refractivity contribution >= 4 is 12.4 Å². The molecule has 0 aliphatic heterocycles. The average molecular weight is 443 g/mol. The number of hydrogen-bond acceptors (Lipinski definition) is 2. The molecule has 1 saturated carbocycles. The highest BCUT2D eigenvalue weighted by Gasteiger charge is 2.21. The Bertz CT molecular complexity index is 853. The van der Waals surface area contributed by atoms with Crippen molar-refractivity contribution in [2.24, 2.45) is 16.1 Å². The fourth-order valence-corrected chi connectivity index (χ4v) is 4.91. The minimum Gasteiger partial charge on any atom is -0.159 e. The van der Waals surface area contributed by atoms with Gasteiger partial charge in [0.25, 0.3) is 0 Å². The average Bonchev–Trinajstić information content (AvgIpc) is 2.87. The van der Waals surface area contributed by atoms with Crippen LogP contribution in [-0.4, -0.2) is 12.4 Å². The zero-order valence-electron chi connectivity index (χ0n) is 20.6. The summed E-state index contributed by atoms with van der Waals surface area (Å²) >= 11 is 0. The predicted molar refractivity (Wildman–Crippen MR) is 145 cm³/mol. The van der Waals surface area contributed by atoms with E-state index in [1.807, 2.05) is 18.5 Å². The van der Waals surface area contributed by atoms with E-state index in [2.05, 4.69) is 72.2 Å². The van der Waals surface area contributed by atoms with E-state index < -0.39 is 0 Å². The standard InChI is InChI=1S/C31H42N2/c1-3-5-7-8-9-11-27-16-20-30(21-17-27)31-22-18-29(19-23-31)25-33-32-24-28-14-12-26(13-15-28)10-6-4-2/h4,12-15,18-19,22-25,27,30H,2-3,5-11,16-17,20-21H2,1H3/b32-24+,33-25+. The highest BCUT2D eigenvalue weighted by atomic mass is 15.2. The van der Waals surface area contributed by atoms with Crippen LogP contribution in [0.5, 0.6) is 0 Å². The number of nitrogens with zero attached hydrogens (tertiary/aromatic N) is 2. The second kappa shape index (κ2) is 14.6. The Morgan fingerprint density at radius 1 is 0.788 bits per heavy atom. The molecule has 176 valence electrons. The van der Waals surface area contributed by atoms with Crippen molar-refractivity contribution in [2.75, 3.05) is 0 Å². The van der Waals surface area contributed by atoms with Crippen LogP contribution in [0.4, 0.5) is 0 Å². The van der Waals surface area contributed by atoms with Crippen LogP contribution >= 0.6 is 0 Å². The molecule has 0 N–H and O–H groups in total. The van der Waals surface area contributed by atoms with Crippen LogP contribution in [0.1, 0.15) is 106 Å². The molecule has 33 heavy (non-hydrogen) atoms. The summed E-state index contributed by atoms with van der Waals surface area (Å²) in [7, 11) is 0. The van der Waals surface area contributed by atoms with Gasteiger partial charge in [-0.1, -0.05) is 100 Å². The maximum Gasteiger partial charge on any atom is 0.0568 e. The molecule has 0 amide bonds. The van der Waals surface area contributed by atoms with E-state index in [-0.39, 0.29) is 0 Å². The second-order valence-corrected chi connectivity index (χ2v) is 9.65. The number of benzene rings is 2. The molecule has 2 aromatic carbocycles. The maximum atomic E-state index is 4.24. The van der Waals surface area contributed by atoms with Gasteiger partial charge in [0.1, 0.15) is 0 Å². The van der Waals surface area contributed by atoms with Crippen LogP contribution in [0.15, 0.2) is 71.4 Å². The van der Waals surface area contributed by atoms with Crippen molar-refractivity contribution in [3.05, 3.63) is 83.4 Å². The van der Waals surface area contributed by atoms with Crippen molar-refractivity contribution in [2.45, 2.75) is 89.9 Å². The molecular formula is C31H42N2. The van der Waals surface area contributed by atoms with Crippen LogP contribution in [0.2, 0.25) is 0 Å². The molecule has 1 aliphatic carbocycles. The molecule has 0 aromatic heterocycles. The summed E-state index contributed by atoms with van der Waals surface area (Å²) in [5, 5.41) is 8.46. The van der Waals surface area contributed by atoms with Crippen molar-refractivity contribution in [1.82, 2.24) is 0 Å². The minimum atomic E-state index is 0.736. The van der Waals surface area contributed by atoms with Gasteiger partial charge in [-0.15, -0.1) is 6.58 Å². The molecule has 0 heterocycles. The van der Waals surface area contributed by atoms with Gasteiger partial charge in [-0.25, -0.2) is 0 Å². The summed E-state index contributed by atoms with van der Waals surface area (Å²) < 4.78 is 0. The topological polar surface area (TPSA) is 24.7 Å². The van der Waals surface area contributed by atoms with Crippen LogP contribution < -0.4 is 0 Å². The molecule has 2 heteroatoms. The molecule has 0 atom stereocenters. The summed E-state index contributed by atoms with van der Waals surface area (Å²) in [6.45, 7) is 6.07. The quantitative estimate of drug-likeness (QED) is 0.128. The number of rotatable bonds is 13. The van der Waals surface area contributed by atoms with Crippen molar-refractivity contribution in [3.63, 3.8) is 0 Å². The third kappa shape index (κ3) is 9.12. The summed E-state index contributed by atoms with van der Waals surface area (Å²) in [6.07, 6.45) is 21.7. The summed E-state index contributed by atoms with van der Waals surface area (Å²) in [5.74, 6) is 1.70. The van der Waals surface area contributed by atoms with Gasteiger partial charge < -0.3 is 0 Å². The zero-order chi connectivity index (χ0) is 23.1. The molecule has 2 nitrogen and oxygen atoms in total. The first-order valence-corrected chi connectivity index (χ1v) is 13.1. The van der Waals surface area contributed by atoms with Gasteiger partial charge >= 0.3 is 0 Å². The van der Waals surface area contributed by atoms with E-state index in [4.69, 9.17) is 0 Å². The lowest BCUT2D eigenvalue weighted by molar-refractivity contribution is 0.302. The molecule has 3 rings (SSSR count). The van der Waals surface area contributed by atoms with Gasteiger partial charge in [-0.3, -0.25) is 0 Å². The lowest BCUT2D eigenvalue weighted by Gasteiger charge is -2.29. The van der Waals surface area contributed by atoms with Gasteiger partial charge in [0.15, 0.2) is 0 Å². The molecule has 0 radical (unpaired) electrons. The van der Waals surface area contributed by atoms with Gasteiger partial charge in [0.2, 0.25) is 0 Å². The lowest BCUT2D eigenvalue weighted by atomic mass is 9.77. The van der Waals surface area contributed by atoms with E-state index in [1.165, 1.54) is 75.3 Å². The maximum absolute atomic E-state index is 4.24. The molecule has 1 aliphatic rings. The van der Waals surface area contributed by atoms with E-state index in [0.717, 1.165) is 35.8 Å². The Labute approximate surface area is 201 Å². The third-order valence-electron chi connectivity index (χ3n) is 7.07. The van der Waals surface area contributed by atoms with E-state index >= 15 is 0 Å². The number of hydrogen-bond donors (Lipinski definition) is 0. The molecule has 0 saturated heterocycles. The van der Waals surface area contributed by atoms with Crippen LogP contribution in [0, 0.1) is 5.92 Å². The third-order valence-corrected chi connectivity index (χ3v) is 7.07. The predicted octanol–water partition coefficient (Wildman–Crippen LogP) is 8.89. The lowest BCUT2D eigenvalue weighted by Crippen LogP contribution is -2.13. The Morgan fingerprint density at radius 3 is 2.00 bits per heavy atom. The Balaban J connectivity index is 1.40. The van der Waals surface area contributed by atoms with E-state index in [1.54, 1.807) is 0 Å². The molecule has 0 unspecified atom stereocenters. The molecule has 0 spiro atoms. The Kier molecular flexibility index (Phi) is 11.1.